The van der Waals surface area contributed by atoms with Gasteiger partial charge in [-0.15, -0.1) is 98.4 Å². The molecule has 0 saturated heterocycles. The smallest absolute Gasteiger partial charge is 0.199 e. The number of aryl methyl sites for hydroxylation is 3. The van der Waals surface area contributed by atoms with Gasteiger partial charge in [-0.3, -0.25) is 0 Å². The van der Waals surface area contributed by atoms with E-state index in [0.29, 0.717) is 11.8 Å². The van der Waals surface area contributed by atoms with Crippen molar-refractivity contribution in [2.75, 3.05) is 0 Å². The molecule has 0 bridgehead atoms. The van der Waals surface area contributed by atoms with E-state index in [2.05, 4.69) is 145 Å². The molecular formula is C42H46SiZr. The van der Waals surface area contributed by atoms with Crippen molar-refractivity contribution in [1.82, 2.24) is 0 Å². The van der Waals surface area contributed by atoms with Gasteiger partial charge in [-0.2, -0.15) is 54.1 Å². The SMILES string of the molecule is Cc1cc2c(C(C)C)cccc2[cH-]1.Cc1cc2c(C(C)C)cccc2[cH-]1.Cc1cccc([C-]=[Si])c1C.[CH2-]c1ccccc1.[Zr+4]. The summed E-state index contributed by atoms with van der Waals surface area (Å²) in [6.07, 6.45) is 0. The van der Waals surface area contributed by atoms with Gasteiger partial charge in [-0.25, -0.2) is 0 Å². The van der Waals surface area contributed by atoms with Crippen molar-refractivity contribution in [1.29, 1.82) is 0 Å². The van der Waals surface area contributed by atoms with E-state index in [1.54, 1.807) is 0 Å². The molecule has 0 aliphatic carbocycles. The summed E-state index contributed by atoms with van der Waals surface area (Å²) < 4.78 is 0. The molecule has 6 aromatic rings. The molecule has 0 aromatic heterocycles. The number of hydrogen-bond acceptors (Lipinski definition) is 0. The maximum Gasteiger partial charge on any atom is 4.00 e. The fourth-order valence-electron chi connectivity index (χ4n) is 5.19. The second kappa shape index (κ2) is 18.0. The van der Waals surface area contributed by atoms with Gasteiger partial charge in [-0.1, -0.05) is 101 Å². The molecule has 2 heteroatoms. The molecule has 0 nitrogen and oxygen atoms in total. The van der Waals surface area contributed by atoms with Gasteiger partial charge in [0, 0.05) is 0 Å². The van der Waals surface area contributed by atoms with Gasteiger partial charge in [0.05, 0.1) is 0 Å². The molecule has 0 amide bonds. The van der Waals surface area contributed by atoms with E-state index in [-0.39, 0.29) is 26.2 Å². The van der Waals surface area contributed by atoms with Crippen LogP contribution in [0.25, 0.3) is 21.5 Å². The summed E-state index contributed by atoms with van der Waals surface area (Å²) in [5, 5.41) is 5.61. The van der Waals surface area contributed by atoms with Crippen LogP contribution < -0.4 is 0 Å². The van der Waals surface area contributed by atoms with Crippen LogP contribution in [0.1, 0.15) is 84.0 Å². The third kappa shape index (κ3) is 10.5. The van der Waals surface area contributed by atoms with Crippen LogP contribution in [0.3, 0.4) is 0 Å². The largest absolute Gasteiger partial charge is 4.00 e. The zero-order valence-corrected chi connectivity index (χ0v) is 31.2. The summed E-state index contributed by atoms with van der Waals surface area (Å²) in [7, 11) is 3.24. The van der Waals surface area contributed by atoms with Crippen LogP contribution >= 0.6 is 0 Å². The van der Waals surface area contributed by atoms with Crippen LogP contribution in [0.15, 0.2) is 109 Å². The van der Waals surface area contributed by atoms with Gasteiger partial charge < -0.3 is 0 Å². The van der Waals surface area contributed by atoms with Gasteiger partial charge >= 0.3 is 26.2 Å². The Balaban J connectivity index is 0.000000208. The fraction of sp³-hybridized carbons (Fsp3) is 0.238. The van der Waals surface area contributed by atoms with Crippen LogP contribution in [-0.2, 0) is 26.2 Å². The summed E-state index contributed by atoms with van der Waals surface area (Å²) >= 11 is 0. The summed E-state index contributed by atoms with van der Waals surface area (Å²) in [6.45, 7) is 21.2. The van der Waals surface area contributed by atoms with Gasteiger partial charge in [-0.05, 0) is 11.8 Å². The molecular weight excluding hydrogens is 624 g/mol. The summed E-state index contributed by atoms with van der Waals surface area (Å²) in [5.41, 5.74) is 13.4. The molecule has 0 unspecified atom stereocenters. The molecule has 6 aromatic carbocycles. The molecule has 0 saturated carbocycles. The van der Waals surface area contributed by atoms with E-state index in [9.17, 15) is 0 Å². The summed E-state index contributed by atoms with van der Waals surface area (Å²) in [5.74, 6) is 1.23. The molecule has 222 valence electrons. The van der Waals surface area contributed by atoms with Crippen LogP contribution in [0, 0.1) is 34.6 Å². The number of hydrogen-bond donors (Lipinski definition) is 0. The van der Waals surface area contributed by atoms with Crippen molar-refractivity contribution >= 4 is 37.1 Å². The topological polar surface area (TPSA) is 0 Å². The molecule has 6 rings (SSSR count). The third-order valence-corrected chi connectivity index (χ3v) is 7.95. The Morgan fingerprint density at radius 1 is 0.614 bits per heavy atom. The Labute approximate surface area is 289 Å². The Morgan fingerprint density at radius 2 is 1.07 bits per heavy atom. The number of benzene rings is 4. The van der Waals surface area contributed by atoms with E-state index < -0.39 is 0 Å². The van der Waals surface area contributed by atoms with Crippen molar-refractivity contribution in [3.8, 4) is 0 Å². The zero-order chi connectivity index (χ0) is 31.5. The predicted octanol–water partition coefficient (Wildman–Crippen LogP) is 11.3. The van der Waals surface area contributed by atoms with E-state index >= 15 is 0 Å². The Hall–Kier alpha value is -3.06. The minimum Gasteiger partial charge on any atom is -0.199 e. The zero-order valence-electron chi connectivity index (χ0n) is 27.8. The Morgan fingerprint density at radius 3 is 1.43 bits per heavy atom. The van der Waals surface area contributed by atoms with Crippen LogP contribution in [0.5, 0.6) is 0 Å². The predicted molar refractivity (Wildman–Crippen MR) is 193 cm³/mol. The van der Waals surface area contributed by atoms with E-state index in [0.717, 1.165) is 11.1 Å². The number of fused-ring (bicyclic) bond motifs is 2. The first-order valence-corrected chi connectivity index (χ1v) is 15.7. The monoisotopic (exact) mass is 668 g/mol. The van der Waals surface area contributed by atoms with E-state index in [1.807, 2.05) is 42.5 Å². The Kier molecular flexibility index (Phi) is 15.2. The number of rotatable bonds is 3. The second-order valence-electron chi connectivity index (χ2n) is 11.9. The fourth-order valence-corrected chi connectivity index (χ4v) is 5.46. The maximum atomic E-state index is 3.72. The summed E-state index contributed by atoms with van der Waals surface area (Å²) in [4.78, 5) is 0. The summed E-state index contributed by atoms with van der Waals surface area (Å²) in [6, 6.07) is 38.2. The molecule has 0 fully saturated rings. The second-order valence-corrected chi connectivity index (χ2v) is 12.2. The molecule has 44 heavy (non-hydrogen) atoms. The molecule has 0 aliphatic rings. The van der Waals surface area contributed by atoms with Crippen molar-refractivity contribution in [3.05, 3.63) is 161 Å². The van der Waals surface area contributed by atoms with Crippen molar-refractivity contribution < 1.29 is 26.2 Å². The molecule has 0 aliphatic heterocycles. The van der Waals surface area contributed by atoms with Crippen LogP contribution in [0.4, 0.5) is 0 Å². The molecule has 0 atom stereocenters. The average Bonchev–Trinajstić information content (AvgIpc) is 3.56. The molecule has 0 N–H and O–H groups in total. The standard InChI is InChI=1S/2C13H15.C9H9Si.C7H7.Zr/c2*1-9(2)12-6-4-5-11-7-10(3)8-13(11)12;1-7-4-3-5-9(6-10)8(7)2;1-7-5-3-2-4-6-7;/h2*4-9H,1-3H3;3-5H,1-2H3;2-6H,1H2;/q4*-1;+4. The van der Waals surface area contributed by atoms with Crippen LogP contribution in [0.2, 0.25) is 0 Å². The van der Waals surface area contributed by atoms with Gasteiger partial charge in [0.1, 0.15) is 0 Å². The minimum atomic E-state index is 0. The van der Waals surface area contributed by atoms with Gasteiger partial charge in [0.25, 0.3) is 0 Å². The van der Waals surface area contributed by atoms with Crippen LogP contribution in [-0.4, -0.2) is 15.5 Å². The quantitative estimate of drug-likeness (QED) is 0.130. The third-order valence-electron chi connectivity index (χ3n) is 7.68. The first kappa shape index (κ1) is 37.1. The minimum absolute atomic E-state index is 0. The van der Waals surface area contributed by atoms with Gasteiger partial charge in [0.2, 0.25) is 0 Å². The van der Waals surface area contributed by atoms with E-state index in [1.165, 1.54) is 54.9 Å². The Bertz CT molecular complexity index is 1650. The molecule has 0 heterocycles. The van der Waals surface area contributed by atoms with Gasteiger partial charge in [0.15, 0.2) is 0 Å². The van der Waals surface area contributed by atoms with Crippen molar-refractivity contribution in [2.24, 2.45) is 0 Å². The van der Waals surface area contributed by atoms with Crippen molar-refractivity contribution in [2.45, 2.75) is 67.2 Å². The van der Waals surface area contributed by atoms with E-state index in [4.69, 9.17) is 0 Å². The normalized spacial score (nSPS) is 10.2. The van der Waals surface area contributed by atoms with Crippen molar-refractivity contribution in [3.63, 3.8) is 0 Å². The molecule has 0 spiro atoms. The molecule has 2 radical (unpaired) electrons. The first-order chi connectivity index (χ1) is 20.5. The first-order valence-electron chi connectivity index (χ1n) is 15.2. The maximum absolute atomic E-state index is 3.72. The average molecular weight is 670 g/mol.